The molecule has 1 aromatic heterocycles. The summed E-state index contributed by atoms with van der Waals surface area (Å²) in [5, 5.41) is 8.52. The molecule has 0 bridgehead atoms. The topological polar surface area (TPSA) is 70.8 Å². The van der Waals surface area contributed by atoms with Crippen LogP contribution >= 0.6 is 0 Å². The molecule has 3 aromatic rings. The van der Waals surface area contributed by atoms with Crippen LogP contribution in [-0.4, -0.2) is 66.9 Å². The third-order valence-electron chi connectivity index (χ3n) is 9.39. The van der Waals surface area contributed by atoms with Gasteiger partial charge in [-0.05, 0) is 121 Å². The number of rotatable bonds is 7. The zero-order chi connectivity index (χ0) is 28.3. The number of carbonyl (C=O) groups is 1. The maximum Gasteiger partial charge on any atom is 0.251 e. The van der Waals surface area contributed by atoms with Crippen LogP contribution in [0.4, 0.5) is 10.1 Å². The predicted molar refractivity (Wildman–Crippen MR) is 159 cm³/mol. The molecule has 1 saturated carbocycles. The van der Waals surface area contributed by atoms with Crippen molar-refractivity contribution in [2.75, 3.05) is 37.6 Å². The van der Waals surface area contributed by atoms with E-state index in [1.807, 2.05) is 12.1 Å². The molecule has 6 rings (SSSR count). The fourth-order valence-electron chi connectivity index (χ4n) is 7.10. The highest BCUT2D eigenvalue weighted by atomic mass is 19.1. The Labute approximate surface area is 242 Å². The molecule has 7 nitrogen and oxygen atoms in total. The van der Waals surface area contributed by atoms with Crippen molar-refractivity contribution in [2.45, 2.75) is 83.0 Å². The molecule has 3 fully saturated rings. The van der Waals surface area contributed by atoms with Crippen LogP contribution < -0.4 is 10.2 Å². The Morgan fingerprint density at radius 3 is 2.39 bits per heavy atom. The van der Waals surface area contributed by atoms with Gasteiger partial charge in [0, 0.05) is 47.8 Å². The van der Waals surface area contributed by atoms with E-state index in [1.165, 1.54) is 31.4 Å². The molecule has 1 N–H and O–H groups in total. The highest BCUT2D eigenvalue weighted by Gasteiger charge is 2.27. The lowest BCUT2D eigenvalue weighted by Gasteiger charge is -2.37. The Kier molecular flexibility index (Phi) is 8.58. The van der Waals surface area contributed by atoms with Crippen molar-refractivity contribution in [3.05, 3.63) is 59.5 Å². The number of fused-ring (bicyclic) bond motifs is 1. The first-order chi connectivity index (χ1) is 19.9. The minimum absolute atomic E-state index is 0.0385. The monoisotopic (exact) mass is 562 g/mol. The smallest absolute Gasteiger partial charge is 0.251 e. The van der Waals surface area contributed by atoms with Gasteiger partial charge < -0.3 is 24.4 Å². The lowest BCUT2D eigenvalue weighted by atomic mass is 9.83. The summed E-state index contributed by atoms with van der Waals surface area (Å²) in [5.41, 5.74) is 3.41. The molecule has 2 aliphatic heterocycles. The zero-order valence-electron chi connectivity index (χ0n) is 24.4. The fourth-order valence-corrected chi connectivity index (χ4v) is 7.10. The maximum atomic E-state index is 13.5. The second-order valence-corrected chi connectivity index (χ2v) is 12.5. The van der Waals surface area contributed by atoms with E-state index in [1.54, 1.807) is 6.07 Å². The van der Waals surface area contributed by atoms with E-state index in [2.05, 4.69) is 46.3 Å². The van der Waals surface area contributed by atoms with Gasteiger partial charge in [-0.15, -0.1) is 0 Å². The second-order valence-electron chi connectivity index (χ2n) is 12.5. The third-order valence-corrected chi connectivity index (χ3v) is 9.39. The van der Waals surface area contributed by atoms with Gasteiger partial charge in [-0.3, -0.25) is 4.79 Å². The Balaban J connectivity index is 0.905. The van der Waals surface area contributed by atoms with Crippen molar-refractivity contribution in [1.29, 1.82) is 0 Å². The fraction of sp³-hybridized carbons (Fsp3) is 0.576. The van der Waals surface area contributed by atoms with Gasteiger partial charge in [0.05, 0.1) is 17.9 Å². The van der Waals surface area contributed by atoms with Gasteiger partial charge in [0.2, 0.25) is 0 Å². The molecule has 2 unspecified atom stereocenters. The molecular weight excluding hydrogens is 519 g/mol. The van der Waals surface area contributed by atoms with Crippen molar-refractivity contribution in [3.63, 3.8) is 0 Å². The lowest BCUT2D eigenvalue weighted by molar-refractivity contribution is -0.00522. The van der Waals surface area contributed by atoms with Crippen molar-refractivity contribution in [1.82, 2.24) is 15.4 Å². The minimum atomic E-state index is -0.287. The highest BCUT2D eigenvalue weighted by molar-refractivity contribution is 5.94. The highest BCUT2D eigenvalue weighted by Crippen LogP contribution is 2.34. The number of hydrogen-bond acceptors (Lipinski definition) is 6. The number of hydrogen-bond donors (Lipinski definition) is 1. The van der Waals surface area contributed by atoms with E-state index < -0.39 is 0 Å². The third kappa shape index (κ3) is 6.75. The molecule has 8 heteroatoms. The molecule has 41 heavy (non-hydrogen) atoms. The van der Waals surface area contributed by atoms with E-state index in [0.29, 0.717) is 11.5 Å². The van der Waals surface area contributed by atoms with Crippen molar-refractivity contribution in [3.8, 4) is 0 Å². The van der Waals surface area contributed by atoms with Crippen LogP contribution in [0.2, 0.25) is 0 Å². The summed E-state index contributed by atoms with van der Waals surface area (Å²) in [6.45, 7) is 9.22. The number of likely N-dealkylation sites (tertiary alicyclic amines) is 1. The Morgan fingerprint density at radius 2 is 1.68 bits per heavy atom. The summed E-state index contributed by atoms with van der Waals surface area (Å²) >= 11 is 0. The molecule has 2 saturated heterocycles. The second kappa shape index (κ2) is 12.5. The lowest BCUT2D eigenvalue weighted by Crippen LogP contribution is -2.45. The molecule has 1 amide bonds. The summed E-state index contributed by atoms with van der Waals surface area (Å²) in [7, 11) is 0. The van der Waals surface area contributed by atoms with Crippen LogP contribution in [0.3, 0.4) is 0 Å². The number of morpholine rings is 1. The number of nitrogens with one attached hydrogen (secondary N) is 1. The minimum Gasteiger partial charge on any atom is -0.372 e. The van der Waals surface area contributed by atoms with E-state index in [9.17, 15) is 9.18 Å². The summed E-state index contributed by atoms with van der Waals surface area (Å²) in [6.07, 6.45) is 8.23. The van der Waals surface area contributed by atoms with Crippen LogP contribution in [0, 0.1) is 11.7 Å². The first-order valence-corrected chi connectivity index (χ1v) is 15.5. The number of halogens is 1. The standard InChI is InChI=1S/C33H43FN4O3/c1-22-20-38(21-23(2)40-22)29-10-5-26(6-11-29)33(39)35-28-8-3-24(4-9-28)13-16-37-17-14-25(15-18-37)32-30-12-7-27(34)19-31(30)41-36-32/h5-7,10-12,19,22-25,28H,3-4,8-9,13-18,20-21H2,1-2H3,(H,35,39)/t22?,23?,24-,28-. The molecule has 0 spiro atoms. The van der Waals surface area contributed by atoms with Crippen LogP contribution in [0.15, 0.2) is 47.0 Å². The van der Waals surface area contributed by atoms with Gasteiger partial charge in [-0.1, -0.05) is 5.16 Å². The molecular formula is C33H43FN4O3. The average molecular weight is 563 g/mol. The van der Waals surface area contributed by atoms with Gasteiger partial charge in [-0.2, -0.15) is 0 Å². The normalized spacial score (nSPS) is 26.4. The molecule has 220 valence electrons. The number of aromatic nitrogens is 1. The molecule has 0 radical (unpaired) electrons. The number of anilines is 1. The predicted octanol–water partition coefficient (Wildman–Crippen LogP) is 6.14. The van der Waals surface area contributed by atoms with Gasteiger partial charge in [0.1, 0.15) is 5.82 Å². The Morgan fingerprint density at radius 1 is 0.976 bits per heavy atom. The Bertz CT molecular complexity index is 1300. The molecule has 3 aliphatic rings. The van der Waals surface area contributed by atoms with E-state index in [0.717, 1.165) is 86.7 Å². The summed E-state index contributed by atoms with van der Waals surface area (Å²) in [4.78, 5) is 17.9. The largest absolute Gasteiger partial charge is 0.372 e. The average Bonchev–Trinajstić information content (AvgIpc) is 3.39. The van der Waals surface area contributed by atoms with Crippen molar-refractivity contribution < 1.29 is 18.4 Å². The van der Waals surface area contributed by atoms with Crippen molar-refractivity contribution in [2.24, 2.45) is 5.92 Å². The number of amides is 1. The van der Waals surface area contributed by atoms with Crippen molar-refractivity contribution >= 4 is 22.6 Å². The number of nitrogens with zero attached hydrogens (tertiary/aromatic N) is 3. The van der Waals surface area contributed by atoms with E-state index >= 15 is 0 Å². The number of carbonyl (C=O) groups excluding carboxylic acids is 1. The van der Waals surface area contributed by atoms with Gasteiger partial charge in [0.15, 0.2) is 5.58 Å². The zero-order valence-corrected chi connectivity index (χ0v) is 24.4. The maximum absolute atomic E-state index is 13.5. The molecule has 3 heterocycles. The van der Waals surface area contributed by atoms with Gasteiger partial charge >= 0.3 is 0 Å². The van der Waals surface area contributed by atoms with Gasteiger partial charge in [0.25, 0.3) is 5.91 Å². The SMILES string of the molecule is CC1CN(c2ccc(C(=O)N[C@H]3CC[C@H](CCN4CCC(c5noc6cc(F)ccc56)CC4)CC3)cc2)CC(C)O1. The quantitative estimate of drug-likeness (QED) is 0.373. The molecule has 2 aromatic carbocycles. The van der Waals surface area contributed by atoms with Gasteiger partial charge in [-0.25, -0.2) is 4.39 Å². The van der Waals surface area contributed by atoms with Crippen LogP contribution in [0.1, 0.15) is 80.8 Å². The first kappa shape index (κ1) is 28.2. The van der Waals surface area contributed by atoms with E-state index in [-0.39, 0.29) is 30.0 Å². The van der Waals surface area contributed by atoms with E-state index in [4.69, 9.17) is 9.26 Å². The number of ether oxygens (including phenoxy) is 1. The summed E-state index contributed by atoms with van der Waals surface area (Å²) < 4.78 is 24.7. The summed E-state index contributed by atoms with van der Waals surface area (Å²) in [5.74, 6) is 0.856. The first-order valence-electron chi connectivity index (χ1n) is 15.5. The van der Waals surface area contributed by atoms with Crippen LogP contribution in [0.25, 0.3) is 11.0 Å². The number of benzene rings is 2. The molecule has 2 atom stereocenters. The summed E-state index contributed by atoms with van der Waals surface area (Å²) in [6, 6.07) is 13.0. The molecule has 1 aliphatic carbocycles. The van der Waals surface area contributed by atoms with Crippen LogP contribution in [-0.2, 0) is 4.74 Å². The van der Waals surface area contributed by atoms with Crippen LogP contribution in [0.5, 0.6) is 0 Å². The number of piperidine rings is 1. The Hall–Kier alpha value is -2.97.